The lowest BCUT2D eigenvalue weighted by Crippen LogP contribution is -2.20. The van der Waals surface area contributed by atoms with Crippen LogP contribution in [0.5, 0.6) is 5.75 Å². The number of hydrogen-bond acceptors (Lipinski definition) is 3. The molecular formula is C13H13Cl2NO2. The fourth-order valence-corrected chi connectivity index (χ4v) is 1.98. The van der Waals surface area contributed by atoms with Crippen molar-refractivity contribution in [3.8, 4) is 5.75 Å². The lowest BCUT2D eigenvalue weighted by Gasteiger charge is -2.07. The van der Waals surface area contributed by atoms with E-state index in [1.807, 2.05) is 6.07 Å². The molecule has 0 bridgehead atoms. The molecule has 3 nitrogen and oxygen atoms in total. The van der Waals surface area contributed by atoms with Gasteiger partial charge < -0.3 is 14.5 Å². The Morgan fingerprint density at radius 3 is 2.61 bits per heavy atom. The number of halogens is 2. The smallest absolute Gasteiger partial charge is 0.122 e. The second-order valence-electron chi connectivity index (χ2n) is 3.76. The van der Waals surface area contributed by atoms with E-state index in [1.165, 1.54) is 0 Å². The third kappa shape index (κ3) is 4.26. The van der Waals surface area contributed by atoms with Crippen LogP contribution in [0.15, 0.2) is 41.2 Å². The van der Waals surface area contributed by atoms with Crippen molar-refractivity contribution in [2.75, 3.05) is 13.2 Å². The van der Waals surface area contributed by atoms with Crippen LogP contribution >= 0.6 is 23.2 Å². The average Bonchev–Trinajstić information content (AvgIpc) is 2.80. The molecule has 0 radical (unpaired) electrons. The molecule has 5 heteroatoms. The monoisotopic (exact) mass is 285 g/mol. The lowest BCUT2D eigenvalue weighted by molar-refractivity contribution is 0.313. The molecule has 0 fully saturated rings. The topological polar surface area (TPSA) is 34.4 Å². The summed E-state index contributed by atoms with van der Waals surface area (Å²) in [6.45, 7) is 2.04. The van der Waals surface area contributed by atoms with Crippen LogP contribution in [0, 0.1) is 0 Å². The van der Waals surface area contributed by atoms with E-state index in [2.05, 4.69) is 5.32 Å². The van der Waals surface area contributed by atoms with Crippen molar-refractivity contribution in [2.45, 2.75) is 6.54 Å². The molecule has 0 aliphatic carbocycles. The average molecular weight is 286 g/mol. The summed E-state index contributed by atoms with van der Waals surface area (Å²) in [7, 11) is 0. The predicted octanol–water partition coefficient (Wildman–Crippen LogP) is 3.76. The van der Waals surface area contributed by atoms with E-state index in [0.717, 1.165) is 18.7 Å². The molecule has 1 N–H and O–H groups in total. The summed E-state index contributed by atoms with van der Waals surface area (Å²) < 4.78 is 10.5. The second kappa shape index (κ2) is 6.69. The normalized spacial score (nSPS) is 10.6. The van der Waals surface area contributed by atoms with Crippen molar-refractivity contribution >= 4 is 23.2 Å². The van der Waals surface area contributed by atoms with E-state index in [1.54, 1.807) is 30.7 Å². The molecule has 2 rings (SSSR count). The van der Waals surface area contributed by atoms with Crippen LogP contribution in [0.3, 0.4) is 0 Å². The molecule has 2 aromatic rings. The van der Waals surface area contributed by atoms with Gasteiger partial charge in [0.25, 0.3) is 0 Å². The molecule has 0 amide bonds. The summed E-state index contributed by atoms with van der Waals surface area (Å²) in [5.41, 5.74) is 1.11. The molecule has 1 heterocycles. The van der Waals surface area contributed by atoms with Crippen LogP contribution in [-0.2, 0) is 6.54 Å². The van der Waals surface area contributed by atoms with Crippen LogP contribution in [0.25, 0.3) is 0 Å². The Kier molecular flexibility index (Phi) is 4.93. The maximum atomic E-state index is 5.87. The van der Waals surface area contributed by atoms with E-state index in [-0.39, 0.29) is 0 Å². The summed E-state index contributed by atoms with van der Waals surface area (Å²) in [5.74, 6) is 0.678. The first kappa shape index (κ1) is 13.3. The quantitative estimate of drug-likeness (QED) is 0.821. The Bertz CT molecular complexity index is 465. The summed E-state index contributed by atoms with van der Waals surface area (Å²) in [5, 5.41) is 4.38. The van der Waals surface area contributed by atoms with E-state index >= 15 is 0 Å². The third-order valence-electron chi connectivity index (χ3n) is 2.29. The fourth-order valence-electron chi connectivity index (χ4n) is 1.48. The Morgan fingerprint density at radius 1 is 1.17 bits per heavy atom. The number of nitrogens with one attached hydrogen (secondary N) is 1. The fraction of sp³-hybridized carbons (Fsp3) is 0.231. The van der Waals surface area contributed by atoms with Crippen molar-refractivity contribution in [2.24, 2.45) is 0 Å². The largest absolute Gasteiger partial charge is 0.492 e. The van der Waals surface area contributed by atoms with Gasteiger partial charge in [-0.25, -0.2) is 0 Å². The molecule has 0 atom stereocenters. The van der Waals surface area contributed by atoms with Crippen molar-refractivity contribution < 1.29 is 9.15 Å². The summed E-state index contributed by atoms with van der Waals surface area (Å²) in [4.78, 5) is 0. The van der Waals surface area contributed by atoms with Gasteiger partial charge in [-0.05, 0) is 24.3 Å². The van der Waals surface area contributed by atoms with Gasteiger partial charge in [0, 0.05) is 28.7 Å². The zero-order valence-electron chi connectivity index (χ0n) is 9.66. The molecule has 1 aromatic carbocycles. The maximum Gasteiger partial charge on any atom is 0.122 e. The van der Waals surface area contributed by atoms with Crippen LogP contribution in [0.2, 0.25) is 10.0 Å². The number of benzene rings is 1. The highest BCUT2D eigenvalue weighted by Gasteiger charge is 1.99. The number of hydrogen-bond donors (Lipinski definition) is 1. The maximum absolute atomic E-state index is 5.87. The first-order chi connectivity index (χ1) is 8.74. The van der Waals surface area contributed by atoms with Crippen LogP contribution in [-0.4, -0.2) is 13.2 Å². The molecule has 1 aromatic heterocycles. The Morgan fingerprint density at radius 2 is 1.94 bits per heavy atom. The Balaban J connectivity index is 1.68. The minimum atomic E-state index is 0.550. The van der Waals surface area contributed by atoms with Crippen LogP contribution in [0.4, 0.5) is 0 Å². The first-order valence-electron chi connectivity index (χ1n) is 5.55. The van der Waals surface area contributed by atoms with Gasteiger partial charge in [0.15, 0.2) is 0 Å². The van der Waals surface area contributed by atoms with E-state index in [0.29, 0.717) is 22.4 Å². The minimum absolute atomic E-state index is 0.550. The van der Waals surface area contributed by atoms with Crippen molar-refractivity contribution in [1.29, 1.82) is 0 Å². The Hall–Kier alpha value is -1.16. The van der Waals surface area contributed by atoms with Gasteiger partial charge in [-0.1, -0.05) is 23.2 Å². The lowest BCUT2D eigenvalue weighted by atomic mass is 10.3. The van der Waals surface area contributed by atoms with Gasteiger partial charge in [0.05, 0.1) is 12.5 Å². The standard InChI is InChI=1S/C13H13Cl2NO2/c14-11-5-12(15)7-13(6-11)18-4-2-16-8-10-1-3-17-9-10/h1,3,5-7,9,16H,2,4,8H2. The third-order valence-corrected chi connectivity index (χ3v) is 2.73. The molecule has 96 valence electrons. The zero-order chi connectivity index (χ0) is 12.8. The molecule has 0 spiro atoms. The van der Waals surface area contributed by atoms with Crippen molar-refractivity contribution in [3.63, 3.8) is 0 Å². The van der Waals surface area contributed by atoms with Gasteiger partial charge >= 0.3 is 0 Å². The van der Waals surface area contributed by atoms with Gasteiger partial charge in [-0.15, -0.1) is 0 Å². The van der Waals surface area contributed by atoms with Crippen molar-refractivity contribution in [1.82, 2.24) is 5.32 Å². The minimum Gasteiger partial charge on any atom is -0.492 e. The second-order valence-corrected chi connectivity index (χ2v) is 4.63. The Labute approximate surface area is 116 Å². The highest BCUT2D eigenvalue weighted by molar-refractivity contribution is 6.34. The molecule has 0 saturated carbocycles. The van der Waals surface area contributed by atoms with Crippen LogP contribution in [0.1, 0.15) is 5.56 Å². The van der Waals surface area contributed by atoms with Gasteiger partial charge in [-0.2, -0.15) is 0 Å². The van der Waals surface area contributed by atoms with E-state index in [4.69, 9.17) is 32.4 Å². The molecule has 0 aliphatic rings. The van der Waals surface area contributed by atoms with E-state index in [9.17, 15) is 0 Å². The van der Waals surface area contributed by atoms with Gasteiger partial charge in [0.1, 0.15) is 12.4 Å². The van der Waals surface area contributed by atoms with Crippen LogP contribution < -0.4 is 10.1 Å². The summed E-state index contributed by atoms with van der Waals surface area (Å²) in [6.07, 6.45) is 3.37. The first-order valence-corrected chi connectivity index (χ1v) is 6.30. The molecule has 0 unspecified atom stereocenters. The molecule has 0 aliphatic heterocycles. The highest BCUT2D eigenvalue weighted by Crippen LogP contribution is 2.23. The number of ether oxygens (including phenoxy) is 1. The SMILES string of the molecule is Clc1cc(Cl)cc(OCCNCc2ccoc2)c1. The molecule has 0 saturated heterocycles. The summed E-state index contributed by atoms with van der Waals surface area (Å²) >= 11 is 11.7. The van der Waals surface area contributed by atoms with Crippen molar-refractivity contribution in [3.05, 3.63) is 52.4 Å². The number of rotatable bonds is 6. The highest BCUT2D eigenvalue weighted by atomic mass is 35.5. The van der Waals surface area contributed by atoms with Gasteiger partial charge in [-0.3, -0.25) is 0 Å². The number of furan rings is 1. The van der Waals surface area contributed by atoms with Gasteiger partial charge in [0.2, 0.25) is 0 Å². The van der Waals surface area contributed by atoms with E-state index < -0.39 is 0 Å². The predicted molar refractivity (Wildman–Crippen MR) is 72.4 cm³/mol. The molecular weight excluding hydrogens is 273 g/mol. The summed E-state index contributed by atoms with van der Waals surface area (Å²) in [6, 6.07) is 7.07. The zero-order valence-corrected chi connectivity index (χ0v) is 11.2. The molecule has 18 heavy (non-hydrogen) atoms.